The molecular weight excluding hydrogens is 447 g/mol. The minimum atomic E-state index is -0.361. The molecule has 0 spiro atoms. The molecule has 2 aromatic carbocycles. The van der Waals surface area contributed by atoms with Crippen molar-refractivity contribution in [2.75, 3.05) is 7.11 Å². The van der Waals surface area contributed by atoms with Crippen molar-refractivity contribution in [1.29, 1.82) is 0 Å². The first-order valence-corrected chi connectivity index (χ1v) is 11.1. The van der Waals surface area contributed by atoms with Gasteiger partial charge < -0.3 is 13.9 Å². The van der Waals surface area contributed by atoms with E-state index >= 15 is 4.39 Å². The van der Waals surface area contributed by atoms with E-state index in [0.717, 1.165) is 34.1 Å². The summed E-state index contributed by atoms with van der Waals surface area (Å²) in [5.41, 5.74) is 4.73. The number of methoxy groups -OCH3 is 1. The smallest absolute Gasteiger partial charge is 0.230 e. The summed E-state index contributed by atoms with van der Waals surface area (Å²) in [4.78, 5) is 8.87. The van der Waals surface area contributed by atoms with E-state index < -0.39 is 0 Å². The van der Waals surface area contributed by atoms with Crippen LogP contribution in [0.5, 0.6) is 5.75 Å². The number of ether oxygens (including phenoxy) is 1. The Bertz CT molecular complexity index is 1710. The van der Waals surface area contributed by atoms with E-state index in [1.807, 2.05) is 47.6 Å². The van der Waals surface area contributed by atoms with Crippen LogP contribution in [0.3, 0.4) is 0 Å². The molecule has 0 aliphatic carbocycles. The highest BCUT2D eigenvalue weighted by Gasteiger charge is 2.18. The molecule has 0 atom stereocenters. The summed E-state index contributed by atoms with van der Waals surface area (Å²) in [5.74, 6) is 0.836. The normalized spacial score (nSPS) is 11.5. The molecule has 4 aromatic heterocycles. The molecule has 4 heterocycles. The van der Waals surface area contributed by atoms with E-state index in [1.54, 1.807) is 42.6 Å². The molecule has 174 valence electrons. The third-order valence-corrected chi connectivity index (χ3v) is 6.14. The van der Waals surface area contributed by atoms with Gasteiger partial charge in [-0.3, -0.25) is 0 Å². The second-order valence-electron chi connectivity index (χ2n) is 8.18. The minimum absolute atomic E-state index is 0.361. The first-order chi connectivity index (χ1) is 17.1. The van der Waals surface area contributed by atoms with Gasteiger partial charge >= 0.3 is 0 Å². The van der Waals surface area contributed by atoms with Gasteiger partial charge in [-0.1, -0.05) is 6.07 Å². The first kappa shape index (κ1) is 21.0. The van der Waals surface area contributed by atoms with Crippen LogP contribution in [0.4, 0.5) is 4.39 Å². The van der Waals surface area contributed by atoms with Crippen molar-refractivity contribution in [2.45, 2.75) is 13.5 Å². The lowest BCUT2D eigenvalue weighted by molar-refractivity contribution is 0.416. The minimum Gasteiger partial charge on any atom is -0.496 e. The van der Waals surface area contributed by atoms with Crippen LogP contribution in [-0.2, 0) is 13.6 Å². The van der Waals surface area contributed by atoms with Crippen LogP contribution in [0.25, 0.3) is 50.3 Å². The van der Waals surface area contributed by atoms with Crippen molar-refractivity contribution in [1.82, 2.24) is 39.1 Å². The van der Waals surface area contributed by atoms with E-state index in [2.05, 4.69) is 25.3 Å². The molecule has 0 saturated heterocycles. The molecule has 0 N–H and O–H groups in total. The number of benzene rings is 2. The molecule has 0 unspecified atom stereocenters. The highest BCUT2D eigenvalue weighted by atomic mass is 19.1. The summed E-state index contributed by atoms with van der Waals surface area (Å²) in [6.45, 7) is 2.75. The van der Waals surface area contributed by atoms with Gasteiger partial charge in [0, 0.05) is 60.3 Å². The molecule has 0 bridgehead atoms. The van der Waals surface area contributed by atoms with Crippen LogP contribution in [0.2, 0.25) is 0 Å². The van der Waals surface area contributed by atoms with Crippen molar-refractivity contribution < 1.29 is 9.13 Å². The van der Waals surface area contributed by atoms with E-state index in [4.69, 9.17) is 4.74 Å². The highest BCUT2D eigenvalue weighted by Crippen LogP contribution is 2.38. The molecule has 35 heavy (non-hydrogen) atoms. The Labute approximate surface area is 199 Å². The second kappa shape index (κ2) is 8.01. The maximum atomic E-state index is 15.2. The fraction of sp³-hybridized carbons (Fsp3) is 0.160. The SMILES string of the molecule is CCn1cnc2c(-c3ccc(F)c(-c4cc5cn(-c6nccn6C)nc5cc4OC)c3)cnnc21. The molecule has 10 heteroatoms. The van der Waals surface area contributed by atoms with Gasteiger partial charge in [-0.2, -0.15) is 10.2 Å². The Morgan fingerprint density at radius 3 is 2.71 bits per heavy atom. The maximum absolute atomic E-state index is 15.2. The number of imidazole rings is 2. The largest absolute Gasteiger partial charge is 0.496 e. The lowest BCUT2D eigenvalue weighted by Crippen LogP contribution is -2.02. The average Bonchev–Trinajstić information content (AvgIpc) is 3.60. The average molecular weight is 468 g/mol. The number of fused-ring (bicyclic) bond motifs is 2. The highest BCUT2D eigenvalue weighted by molar-refractivity contribution is 5.92. The number of halogens is 1. The zero-order valence-electron chi connectivity index (χ0n) is 19.3. The molecule has 9 nitrogen and oxygen atoms in total. The van der Waals surface area contributed by atoms with Crippen molar-refractivity contribution >= 4 is 22.1 Å². The summed E-state index contributed by atoms with van der Waals surface area (Å²) >= 11 is 0. The quantitative estimate of drug-likeness (QED) is 0.373. The Hall–Kier alpha value is -4.60. The fourth-order valence-corrected chi connectivity index (χ4v) is 4.33. The van der Waals surface area contributed by atoms with Gasteiger partial charge in [-0.05, 0) is 30.7 Å². The van der Waals surface area contributed by atoms with Gasteiger partial charge in [0.05, 0.1) is 25.2 Å². The van der Waals surface area contributed by atoms with Crippen LogP contribution in [0.1, 0.15) is 6.92 Å². The molecule has 6 rings (SSSR count). The van der Waals surface area contributed by atoms with Crippen molar-refractivity contribution in [2.24, 2.45) is 7.05 Å². The van der Waals surface area contributed by atoms with E-state index in [0.29, 0.717) is 28.5 Å². The van der Waals surface area contributed by atoms with Crippen LogP contribution >= 0.6 is 0 Å². The Balaban J connectivity index is 1.52. The molecule has 6 aromatic rings. The zero-order chi connectivity index (χ0) is 24.1. The standard InChI is InChI=1S/C25H21FN8O/c1-4-33-14-28-23-19(12-29-30-24(23)33)15-5-6-20(26)17(9-15)18-10-16-13-34(25-27-7-8-32(25)2)31-21(16)11-22(18)35-3/h5-14H,4H2,1-3H3. The van der Waals surface area contributed by atoms with Crippen molar-refractivity contribution in [3.05, 3.63) is 67.3 Å². The molecule has 0 saturated carbocycles. The van der Waals surface area contributed by atoms with Crippen LogP contribution < -0.4 is 4.74 Å². The third-order valence-electron chi connectivity index (χ3n) is 6.14. The van der Waals surface area contributed by atoms with Gasteiger partial charge in [0.25, 0.3) is 0 Å². The number of aromatic nitrogens is 8. The fourth-order valence-electron chi connectivity index (χ4n) is 4.33. The van der Waals surface area contributed by atoms with Gasteiger partial charge in [-0.15, -0.1) is 5.10 Å². The maximum Gasteiger partial charge on any atom is 0.230 e. The van der Waals surface area contributed by atoms with Crippen molar-refractivity contribution in [3.8, 4) is 34.0 Å². The number of rotatable bonds is 5. The van der Waals surface area contributed by atoms with Gasteiger partial charge in [-0.25, -0.2) is 19.0 Å². The lowest BCUT2D eigenvalue weighted by atomic mass is 9.97. The summed E-state index contributed by atoms with van der Waals surface area (Å²) in [7, 11) is 3.46. The van der Waals surface area contributed by atoms with E-state index in [9.17, 15) is 0 Å². The summed E-state index contributed by atoms with van der Waals surface area (Å²) in [6, 6.07) is 8.67. The van der Waals surface area contributed by atoms with Gasteiger partial charge in [0.15, 0.2) is 5.65 Å². The van der Waals surface area contributed by atoms with E-state index in [-0.39, 0.29) is 5.82 Å². The van der Waals surface area contributed by atoms with Crippen LogP contribution in [-0.4, -0.2) is 46.2 Å². The molecular formula is C25H21FN8O. The number of hydrogen-bond acceptors (Lipinski definition) is 6. The lowest BCUT2D eigenvalue weighted by Gasteiger charge is -2.12. The number of aryl methyl sites for hydroxylation is 2. The van der Waals surface area contributed by atoms with Gasteiger partial charge in [0.1, 0.15) is 17.1 Å². The monoisotopic (exact) mass is 468 g/mol. The number of nitrogens with zero attached hydrogens (tertiary/aromatic N) is 8. The predicted octanol–water partition coefficient (Wildman–Crippen LogP) is 4.40. The van der Waals surface area contributed by atoms with Crippen LogP contribution in [0.15, 0.2) is 61.4 Å². The van der Waals surface area contributed by atoms with Crippen molar-refractivity contribution in [3.63, 3.8) is 0 Å². The van der Waals surface area contributed by atoms with E-state index in [1.165, 1.54) is 6.07 Å². The first-order valence-electron chi connectivity index (χ1n) is 11.1. The Kier molecular flexibility index (Phi) is 4.80. The molecule has 0 aliphatic heterocycles. The molecule has 0 fully saturated rings. The molecule has 0 amide bonds. The Morgan fingerprint density at radius 1 is 1.06 bits per heavy atom. The third kappa shape index (κ3) is 3.33. The van der Waals surface area contributed by atoms with Crippen LogP contribution in [0, 0.1) is 5.82 Å². The predicted molar refractivity (Wildman–Crippen MR) is 130 cm³/mol. The summed E-state index contributed by atoms with van der Waals surface area (Å²) < 4.78 is 26.3. The zero-order valence-corrected chi connectivity index (χ0v) is 19.3. The van der Waals surface area contributed by atoms with Gasteiger partial charge in [0.2, 0.25) is 5.95 Å². The summed E-state index contributed by atoms with van der Waals surface area (Å²) in [6.07, 6.45) is 8.83. The Morgan fingerprint density at radius 2 is 1.94 bits per heavy atom. The summed E-state index contributed by atoms with van der Waals surface area (Å²) in [5, 5.41) is 13.8. The number of hydrogen-bond donors (Lipinski definition) is 0. The molecule has 0 aliphatic rings. The molecule has 0 radical (unpaired) electrons. The second-order valence-corrected chi connectivity index (χ2v) is 8.18. The topological polar surface area (TPSA) is 88.5 Å².